The molecule has 2 rings (SSSR count). The Labute approximate surface area is 104 Å². The molecule has 1 amide bonds. The molecule has 2 unspecified atom stereocenters. The van der Waals surface area contributed by atoms with Gasteiger partial charge in [-0.1, -0.05) is 0 Å². The zero-order valence-corrected chi connectivity index (χ0v) is 11.1. The Morgan fingerprint density at radius 3 is 2.80 bits per heavy atom. The number of carbonyl (C=O) groups excluding carboxylic acids is 1. The number of amides is 1. The van der Waals surface area contributed by atoms with E-state index in [4.69, 9.17) is 4.74 Å². The molecule has 1 N–H and O–H groups in total. The summed E-state index contributed by atoms with van der Waals surface area (Å²) in [7, 11) is 0. The van der Waals surface area contributed by atoms with E-state index in [-0.39, 0.29) is 16.1 Å². The summed E-state index contributed by atoms with van der Waals surface area (Å²) < 4.78 is 5.64. The van der Waals surface area contributed by atoms with Crippen molar-refractivity contribution in [2.45, 2.75) is 36.0 Å². The highest BCUT2D eigenvalue weighted by molar-refractivity contribution is 14.1. The number of nitrogens with zero attached hydrogens (tertiary/aromatic N) is 1. The van der Waals surface area contributed by atoms with E-state index in [1.807, 2.05) is 11.8 Å². The highest BCUT2D eigenvalue weighted by Gasteiger charge is 2.35. The fourth-order valence-electron chi connectivity index (χ4n) is 2.25. The second-order valence-corrected chi connectivity index (χ2v) is 5.55. The first-order valence-corrected chi connectivity index (χ1v) is 6.74. The number of rotatable bonds is 1. The van der Waals surface area contributed by atoms with Gasteiger partial charge in [0.15, 0.2) is 0 Å². The van der Waals surface area contributed by atoms with Gasteiger partial charge in [-0.05, 0) is 55.4 Å². The third-order valence-corrected chi connectivity index (χ3v) is 3.76. The third kappa shape index (κ3) is 2.62. The van der Waals surface area contributed by atoms with Crippen LogP contribution in [0.2, 0.25) is 0 Å². The lowest BCUT2D eigenvalue weighted by Gasteiger charge is -2.40. The summed E-state index contributed by atoms with van der Waals surface area (Å²) in [6.07, 6.45) is 1.87. The van der Waals surface area contributed by atoms with Crippen LogP contribution in [0.15, 0.2) is 0 Å². The minimum absolute atomic E-state index is 0.144. The van der Waals surface area contributed by atoms with Gasteiger partial charge in [0.05, 0.1) is 6.54 Å². The molecule has 2 aliphatic heterocycles. The Hall–Kier alpha value is 0.120. The third-order valence-electron chi connectivity index (χ3n) is 3.07. The predicted octanol–water partition coefficient (Wildman–Crippen LogP) is 0.747. The largest absolute Gasteiger partial charge is 0.353 e. The molecular weight excluding hydrogens is 307 g/mol. The Kier molecular flexibility index (Phi) is 3.84. The second kappa shape index (κ2) is 4.97. The minimum Gasteiger partial charge on any atom is -0.353 e. The van der Waals surface area contributed by atoms with Crippen molar-refractivity contribution in [3.63, 3.8) is 0 Å². The zero-order chi connectivity index (χ0) is 10.8. The van der Waals surface area contributed by atoms with E-state index in [2.05, 4.69) is 27.9 Å². The van der Waals surface area contributed by atoms with Crippen molar-refractivity contribution < 1.29 is 9.53 Å². The van der Waals surface area contributed by atoms with Gasteiger partial charge in [-0.15, -0.1) is 0 Å². The molecule has 0 bridgehead atoms. The topological polar surface area (TPSA) is 41.6 Å². The van der Waals surface area contributed by atoms with Crippen LogP contribution in [0.3, 0.4) is 0 Å². The average molecular weight is 324 g/mol. The van der Waals surface area contributed by atoms with Gasteiger partial charge in [-0.3, -0.25) is 4.79 Å². The van der Waals surface area contributed by atoms with Crippen LogP contribution in [0.25, 0.3) is 0 Å². The number of morpholine rings is 1. The number of ether oxygens (including phenoxy) is 1. The zero-order valence-electron chi connectivity index (χ0n) is 8.91. The van der Waals surface area contributed by atoms with Crippen molar-refractivity contribution in [2.75, 3.05) is 19.6 Å². The van der Waals surface area contributed by atoms with Crippen LogP contribution < -0.4 is 5.32 Å². The lowest BCUT2D eigenvalue weighted by atomic mass is 10.0. The molecule has 2 aliphatic rings. The lowest BCUT2D eigenvalue weighted by molar-refractivity contribution is -0.156. The van der Waals surface area contributed by atoms with E-state index in [1.54, 1.807) is 0 Å². The number of alkyl halides is 1. The summed E-state index contributed by atoms with van der Waals surface area (Å²) in [5.74, 6) is 0.162. The Morgan fingerprint density at radius 2 is 2.13 bits per heavy atom. The number of nitrogens with one attached hydrogen (secondary N) is 1. The first-order chi connectivity index (χ1) is 7.18. The summed E-state index contributed by atoms with van der Waals surface area (Å²) in [4.78, 5) is 14.0. The Morgan fingerprint density at radius 1 is 1.47 bits per heavy atom. The van der Waals surface area contributed by atoms with Crippen LogP contribution in [0.1, 0.15) is 19.8 Å². The fourth-order valence-corrected chi connectivity index (χ4v) is 3.11. The van der Waals surface area contributed by atoms with Crippen molar-refractivity contribution in [2.24, 2.45) is 0 Å². The van der Waals surface area contributed by atoms with Crippen LogP contribution >= 0.6 is 22.6 Å². The van der Waals surface area contributed by atoms with E-state index in [0.717, 1.165) is 32.5 Å². The van der Waals surface area contributed by atoms with Crippen molar-refractivity contribution >= 4 is 28.5 Å². The first kappa shape index (κ1) is 11.6. The van der Waals surface area contributed by atoms with Crippen LogP contribution in [0.4, 0.5) is 0 Å². The molecule has 0 aromatic rings. The van der Waals surface area contributed by atoms with E-state index < -0.39 is 0 Å². The van der Waals surface area contributed by atoms with E-state index in [9.17, 15) is 4.79 Å². The molecule has 0 aromatic carbocycles. The molecule has 0 spiro atoms. The van der Waals surface area contributed by atoms with Crippen LogP contribution in [-0.2, 0) is 9.53 Å². The highest BCUT2D eigenvalue weighted by atomic mass is 127. The lowest BCUT2D eigenvalue weighted by Crippen LogP contribution is -2.55. The average Bonchev–Trinajstić information content (AvgIpc) is 2.24. The monoisotopic (exact) mass is 324 g/mol. The molecule has 2 fully saturated rings. The van der Waals surface area contributed by atoms with Gasteiger partial charge in [0, 0.05) is 6.04 Å². The number of hydrogen-bond donors (Lipinski definition) is 1. The summed E-state index contributed by atoms with van der Waals surface area (Å²) in [6, 6.07) is 0.419. The molecule has 5 heteroatoms. The molecule has 2 heterocycles. The van der Waals surface area contributed by atoms with Crippen LogP contribution in [0, 0.1) is 0 Å². The summed E-state index contributed by atoms with van der Waals surface area (Å²) in [5, 5.41) is 3.32. The summed E-state index contributed by atoms with van der Waals surface area (Å²) >= 11 is 2.26. The number of piperidine rings is 1. The molecule has 0 aromatic heterocycles. The van der Waals surface area contributed by atoms with Crippen molar-refractivity contribution in [3.05, 3.63) is 0 Å². The quantitative estimate of drug-likeness (QED) is 0.572. The standard InChI is InChI=1S/C10H17IN2O2/c1-7-10(14)13(6-9(11)15-7)8-2-4-12-5-3-8/h7-9,12H,2-6H2,1H3. The van der Waals surface area contributed by atoms with Crippen LogP contribution in [0.5, 0.6) is 0 Å². The van der Waals surface area contributed by atoms with Crippen LogP contribution in [-0.4, -0.2) is 46.7 Å². The first-order valence-electron chi connectivity index (χ1n) is 5.49. The van der Waals surface area contributed by atoms with E-state index >= 15 is 0 Å². The van der Waals surface area contributed by atoms with E-state index in [1.165, 1.54) is 0 Å². The highest BCUT2D eigenvalue weighted by Crippen LogP contribution is 2.22. The normalized spacial score (nSPS) is 34.5. The van der Waals surface area contributed by atoms with Crippen molar-refractivity contribution in [1.82, 2.24) is 10.2 Å². The van der Waals surface area contributed by atoms with Gasteiger partial charge in [-0.25, -0.2) is 0 Å². The predicted molar refractivity (Wildman–Crippen MR) is 66.0 cm³/mol. The second-order valence-electron chi connectivity index (χ2n) is 4.16. The molecule has 2 atom stereocenters. The summed E-state index contributed by atoms with van der Waals surface area (Å²) in [5.41, 5.74) is 0. The minimum atomic E-state index is -0.268. The molecule has 2 saturated heterocycles. The van der Waals surface area contributed by atoms with Gasteiger partial charge in [0.25, 0.3) is 5.91 Å². The maximum Gasteiger partial charge on any atom is 0.251 e. The molecule has 86 valence electrons. The SMILES string of the molecule is CC1OC(I)CN(C2CCNCC2)C1=O. The summed E-state index contributed by atoms with van der Waals surface area (Å²) in [6.45, 7) is 4.64. The van der Waals surface area contributed by atoms with Crippen molar-refractivity contribution in [1.29, 1.82) is 0 Å². The maximum atomic E-state index is 11.9. The molecule has 15 heavy (non-hydrogen) atoms. The molecule has 0 saturated carbocycles. The molecule has 4 nitrogen and oxygen atoms in total. The molecule has 0 radical (unpaired) electrons. The van der Waals surface area contributed by atoms with Gasteiger partial charge in [-0.2, -0.15) is 0 Å². The number of hydrogen-bond acceptors (Lipinski definition) is 3. The molecular formula is C10H17IN2O2. The Balaban J connectivity index is 2.02. The van der Waals surface area contributed by atoms with Gasteiger partial charge in [0.1, 0.15) is 10.2 Å². The Bertz CT molecular complexity index is 244. The van der Waals surface area contributed by atoms with Crippen molar-refractivity contribution in [3.8, 4) is 0 Å². The van der Waals surface area contributed by atoms with Gasteiger partial charge in [0.2, 0.25) is 0 Å². The smallest absolute Gasteiger partial charge is 0.251 e. The maximum absolute atomic E-state index is 11.9. The fraction of sp³-hybridized carbons (Fsp3) is 0.900. The van der Waals surface area contributed by atoms with Gasteiger partial charge >= 0.3 is 0 Å². The van der Waals surface area contributed by atoms with Gasteiger partial charge < -0.3 is 15.0 Å². The molecule has 0 aliphatic carbocycles. The number of carbonyl (C=O) groups is 1. The van der Waals surface area contributed by atoms with E-state index in [0.29, 0.717) is 6.04 Å². The number of halogens is 1.